The number of aromatic nitrogens is 2. The first-order valence-electron chi connectivity index (χ1n) is 20.1. The molecule has 0 saturated heterocycles. The van der Waals surface area contributed by atoms with Crippen molar-refractivity contribution in [2.24, 2.45) is 0 Å². The number of nitrogens with one attached hydrogen (secondary N) is 1. The van der Waals surface area contributed by atoms with Gasteiger partial charge in [0.05, 0.1) is 28.1 Å². The van der Waals surface area contributed by atoms with Gasteiger partial charge in [0.15, 0.2) is 0 Å². The lowest BCUT2D eigenvalue weighted by Crippen LogP contribution is -2.20. The van der Waals surface area contributed by atoms with Gasteiger partial charge in [0.25, 0.3) is 0 Å². The van der Waals surface area contributed by atoms with Gasteiger partial charge in [0, 0.05) is 60.3 Å². The van der Waals surface area contributed by atoms with Crippen molar-refractivity contribution in [1.29, 1.82) is 0 Å². The Labute approximate surface area is 339 Å². The topological polar surface area (TPSA) is 48.2 Å². The van der Waals surface area contributed by atoms with Crippen LogP contribution < -0.4 is 5.32 Å². The highest BCUT2D eigenvalue weighted by Crippen LogP contribution is 2.38. The third kappa shape index (κ3) is 5.18. The van der Waals surface area contributed by atoms with Crippen LogP contribution in [-0.2, 0) is 0 Å². The van der Waals surface area contributed by atoms with Gasteiger partial charge in [0.2, 0.25) is 0 Å². The van der Waals surface area contributed by atoms with E-state index in [1.54, 1.807) is 0 Å². The summed E-state index contributed by atoms with van der Waals surface area (Å²) in [5.41, 5.74) is 13.7. The van der Waals surface area contributed by atoms with E-state index < -0.39 is 0 Å². The molecule has 11 aromatic rings. The van der Waals surface area contributed by atoms with Crippen LogP contribution in [0.5, 0.6) is 0 Å². The Kier molecular flexibility index (Phi) is 7.29. The Morgan fingerprint density at radius 3 is 1.86 bits per heavy atom. The van der Waals surface area contributed by atoms with Crippen molar-refractivity contribution in [2.75, 3.05) is 0 Å². The largest absolute Gasteiger partial charge is 0.456 e. The molecule has 0 amide bonds. The molecule has 1 aliphatic heterocycles. The molecule has 1 atom stereocenters. The van der Waals surface area contributed by atoms with E-state index in [4.69, 9.17) is 8.83 Å². The van der Waals surface area contributed by atoms with Crippen LogP contribution in [-0.4, -0.2) is 9.13 Å². The summed E-state index contributed by atoms with van der Waals surface area (Å²) in [6.45, 7) is 6.60. The molecule has 0 aliphatic carbocycles. The van der Waals surface area contributed by atoms with Crippen LogP contribution in [0, 0.1) is 6.92 Å². The van der Waals surface area contributed by atoms with Crippen molar-refractivity contribution in [2.45, 2.75) is 13.0 Å². The summed E-state index contributed by atoms with van der Waals surface area (Å²) in [4.78, 5) is 0. The zero-order chi connectivity index (χ0) is 39.2. The van der Waals surface area contributed by atoms with Gasteiger partial charge in [-0.1, -0.05) is 97.6 Å². The quantitative estimate of drug-likeness (QED) is 0.172. The fourth-order valence-corrected chi connectivity index (χ4v) is 9.26. The first-order chi connectivity index (χ1) is 29.1. The summed E-state index contributed by atoms with van der Waals surface area (Å²) in [7, 11) is 0. The summed E-state index contributed by atoms with van der Waals surface area (Å²) < 4.78 is 17.4. The Balaban J connectivity index is 0.844. The number of hydrogen-bond donors (Lipinski definition) is 1. The molecule has 7 aromatic carbocycles. The van der Waals surface area contributed by atoms with Crippen LogP contribution in [0.2, 0.25) is 0 Å². The van der Waals surface area contributed by atoms with Gasteiger partial charge in [-0.25, -0.2) is 0 Å². The van der Waals surface area contributed by atoms with Crippen LogP contribution in [0.4, 0.5) is 0 Å². The SMILES string of the molecule is C=C(/C=C\c1oc2ccc(C3=CC=CC(c4ccc5oc6ccc(-n7c8ccccc8c8ccccc87)cc6c5c4)N3)cc2c1C)n1c2ccccc2c2ccccc21. The lowest BCUT2D eigenvalue weighted by molar-refractivity contribution is 0.601. The summed E-state index contributed by atoms with van der Waals surface area (Å²) in [6.07, 6.45) is 10.6. The molecule has 0 spiro atoms. The van der Waals surface area contributed by atoms with Gasteiger partial charge >= 0.3 is 0 Å². The standard InChI is InChI=1S/C54H37N3O2/c1-33(56-47-18-7-3-12-38(47)39-13-4-8-19-48(39)56)22-26-51-34(2)42-30-35(23-27-52(42)58-51)45-16-11-17-46(55-45)36-24-28-53-43(31-36)44-32-37(25-29-54(44)59-53)57-49-20-9-5-14-40(49)41-15-6-10-21-50(41)57/h3-32,46,55H,1H2,2H3/b26-22-. The average molecular weight is 760 g/mol. The maximum atomic E-state index is 6.42. The van der Waals surface area contributed by atoms with Gasteiger partial charge in [-0.2, -0.15) is 0 Å². The summed E-state index contributed by atoms with van der Waals surface area (Å²) >= 11 is 0. The van der Waals surface area contributed by atoms with Crippen LogP contribution in [0.25, 0.3) is 99.7 Å². The Morgan fingerprint density at radius 2 is 1.17 bits per heavy atom. The van der Waals surface area contributed by atoms with Crippen LogP contribution in [0.1, 0.15) is 28.5 Å². The summed E-state index contributed by atoms with van der Waals surface area (Å²) in [5, 5.41) is 12.0. The highest BCUT2D eigenvalue weighted by molar-refractivity contribution is 6.12. The van der Waals surface area contributed by atoms with Gasteiger partial charge in [-0.05, 0) is 109 Å². The van der Waals surface area contributed by atoms with Gasteiger partial charge < -0.3 is 23.3 Å². The average Bonchev–Trinajstić information content (AvgIpc) is 4.02. The second-order valence-electron chi connectivity index (χ2n) is 15.5. The Bertz CT molecular complexity index is 3530. The minimum atomic E-state index is -0.0173. The monoisotopic (exact) mass is 759 g/mol. The van der Waals surface area contributed by atoms with Gasteiger partial charge in [-0.3, -0.25) is 0 Å². The smallest absolute Gasteiger partial charge is 0.135 e. The third-order valence-electron chi connectivity index (χ3n) is 12.1. The lowest BCUT2D eigenvalue weighted by atomic mass is 9.98. The number of para-hydroxylation sites is 4. The first-order valence-corrected chi connectivity index (χ1v) is 20.1. The zero-order valence-electron chi connectivity index (χ0n) is 32.3. The van der Waals surface area contributed by atoms with Gasteiger partial charge in [-0.15, -0.1) is 0 Å². The van der Waals surface area contributed by atoms with E-state index in [1.165, 1.54) is 38.1 Å². The summed E-state index contributed by atoms with van der Waals surface area (Å²) in [5.74, 6) is 0.823. The molecule has 4 aromatic heterocycles. The second-order valence-corrected chi connectivity index (χ2v) is 15.5. The number of benzene rings is 7. The molecular weight excluding hydrogens is 723 g/mol. The second kappa shape index (κ2) is 12.9. The molecule has 0 saturated carbocycles. The Hall–Kier alpha value is -7.76. The molecule has 0 bridgehead atoms. The van der Waals surface area contributed by atoms with E-state index >= 15 is 0 Å². The summed E-state index contributed by atoms with van der Waals surface area (Å²) in [6, 6.07) is 53.7. The van der Waals surface area contributed by atoms with Gasteiger partial charge in [0.1, 0.15) is 22.5 Å². The predicted molar refractivity (Wildman–Crippen MR) is 246 cm³/mol. The van der Waals surface area contributed by atoms with E-state index in [-0.39, 0.29) is 6.04 Å². The van der Waals surface area contributed by atoms with Crippen LogP contribution in [0.15, 0.2) is 191 Å². The van der Waals surface area contributed by atoms with E-state index in [9.17, 15) is 0 Å². The maximum Gasteiger partial charge on any atom is 0.135 e. The van der Waals surface area contributed by atoms with Crippen molar-refractivity contribution in [3.63, 3.8) is 0 Å². The molecule has 1 N–H and O–H groups in total. The van der Waals surface area contributed by atoms with Crippen molar-refractivity contribution < 1.29 is 8.83 Å². The lowest BCUT2D eigenvalue weighted by Gasteiger charge is -2.22. The van der Waals surface area contributed by atoms with E-state index in [2.05, 4.69) is 204 Å². The normalized spacial score (nSPS) is 14.5. The fourth-order valence-electron chi connectivity index (χ4n) is 9.26. The van der Waals surface area contributed by atoms with Crippen molar-refractivity contribution in [1.82, 2.24) is 14.5 Å². The predicted octanol–water partition coefficient (Wildman–Crippen LogP) is 14.3. The number of allylic oxidation sites excluding steroid dienone is 4. The van der Waals surface area contributed by atoms with Crippen LogP contribution in [0.3, 0.4) is 0 Å². The highest BCUT2D eigenvalue weighted by Gasteiger charge is 2.19. The van der Waals surface area contributed by atoms with Crippen molar-refractivity contribution in [3.8, 4) is 5.69 Å². The first kappa shape index (κ1) is 33.4. The number of hydrogen-bond acceptors (Lipinski definition) is 3. The van der Waals surface area contributed by atoms with E-state index in [1.807, 2.05) is 6.08 Å². The highest BCUT2D eigenvalue weighted by atomic mass is 16.3. The molecule has 59 heavy (non-hydrogen) atoms. The number of dihydropyridines is 1. The minimum Gasteiger partial charge on any atom is -0.456 e. The molecule has 12 rings (SSSR count). The fraction of sp³-hybridized carbons (Fsp3) is 0.0370. The molecule has 1 aliphatic rings. The van der Waals surface area contributed by atoms with E-state index in [0.717, 1.165) is 77.9 Å². The molecule has 5 nitrogen and oxygen atoms in total. The molecule has 5 heterocycles. The number of nitrogens with zero attached hydrogens (tertiary/aromatic N) is 2. The number of furan rings is 2. The molecule has 0 radical (unpaired) electrons. The molecule has 280 valence electrons. The van der Waals surface area contributed by atoms with E-state index in [0.29, 0.717) is 0 Å². The van der Waals surface area contributed by atoms with Crippen LogP contribution >= 0.6 is 0 Å². The number of fused-ring (bicyclic) bond motifs is 10. The molecule has 1 unspecified atom stereocenters. The maximum absolute atomic E-state index is 6.42. The zero-order valence-corrected chi connectivity index (χ0v) is 32.3. The third-order valence-corrected chi connectivity index (χ3v) is 12.1. The van der Waals surface area contributed by atoms with Crippen molar-refractivity contribution >= 4 is 94.0 Å². The Morgan fingerprint density at radius 1 is 0.593 bits per heavy atom. The number of rotatable bonds is 6. The molecule has 0 fully saturated rings. The van der Waals surface area contributed by atoms with Crippen molar-refractivity contribution in [3.05, 3.63) is 205 Å². The molecule has 5 heteroatoms. The molecular formula is C54H37N3O2. The minimum absolute atomic E-state index is 0.0173. The number of aryl methyl sites for hydroxylation is 1.